The van der Waals surface area contributed by atoms with E-state index in [2.05, 4.69) is 10.3 Å². The van der Waals surface area contributed by atoms with Crippen molar-refractivity contribution >= 4 is 25.6 Å². The third-order valence-corrected chi connectivity index (χ3v) is 3.53. The number of aryl methyl sites for hydroxylation is 2. The van der Waals surface area contributed by atoms with Gasteiger partial charge in [0.2, 0.25) is 5.91 Å². The molecule has 0 saturated carbocycles. The van der Waals surface area contributed by atoms with Crippen LogP contribution in [0.1, 0.15) is 26.1 Å². The van der Waals surface area contributed by atoms with E-state index in [0.29, 0.717) is 25.3 Å². The summed E-state index contributed by atoms with van der Waals surface area (Å²) < 4.78 is 24.0. The number of rotatable bonds is 6. The van der Waals surface area contributed by atoms with Crippen LogP contribution in [0.15, 0.2) is 11.2 Å². The van der Waals surface area contributed by atoms with E-state index in [0.717, 1.165) is 0 Å². The van der Waals surface area contributed by atoms with E-state index in [-0.39, 0.29) is 17.4 Å². The van der Waals surface area contributed by atoms with Gasteiger partial charge in [0, 0.05) is 42.8 Å². The summed E-state index contributed by atoms with van der Waals surface area (Å²) >= 11 is 0. The monoisotopic (exact) mass is 293 g/mol. The minimum absolute atomic E-state index is 0.0801. The van der Waals surface area contributed by atoms with Gasteiger partial charge >= 0.3 is 0 Å². The van der Waals surface area contributed by atoms with E-state index in [1.807, 2.05) is 13.8 Å². The smallest absolute Gasteiger partial charge is 0.280 e. The molecule has 0 bridgehead atoms. The Labute approximate surface area is 111 Å². The molecule has 1 heterocycles. The van der Waals surface area contributed by atoms with Crippen LogP contribution in [0.25, 0.3) is 0 Å². The van der Waals surface area contributed by atoms with Crippen LogP contribution >= 0.6 is 10.7 Å². The highest BCUT2D eigenvalue weighted by atomic mass is 35.7. The van der Waals surface area contributed by atoms with E-state index in [4.69, 9.17) is 10.7 Å². The first kappa shape index (κ1) is 15.0. The minimum Gasteiger partial charge on any atom is -0.356 e. The highest BCUT2D eigenvalue weighted by molar-refractivity contribution is 8.13. The predicted molar refractivity (Wildman–Crippen MR) is 67.9 cm³/mol. The van der Waals surface area contributed by atoms with Gasteiger partial charge < -0.3 is 9.88 Å². The lowest BCUT2D eigenvalue weighted by Gasteiger charge is -2.05. The van der Waals surface area contributed by atoms with Crippen LogP contribution in [0.3, 0.4) is 0 Å². The van der Waals surface area contributed by atoms with Crippen LogP contribution in [-0.4, -0.2) is 30.4 Å². The normalized spacial score (nSPS) is 11.5. The molecule has 0 fully saturated rings. The molecule has 1 aromatic rings. The number of nitrogens with one attached hydrogen (secondary N) is 1. The van der Waals surface area contributed by atoms with Gasteiger partial charge in [0.1, 0.15) is 5.82 Å². The molecule has 0 saturated heterocycles. The molecule has 102 valence electrons. The molecule has 6 nitrogen and oxygen atoms in total. The zero-order valence-electron chi connectivity index (χ0n) is 10.3. The van der Waals surface area contributed by atoms with Crippen molar-refractivity contribution in [3.63, 3.8) is 0 Å². The quantitative estimate of drug-likeness (QED) is 0.790. The number of imidazole rings is 1. The molecular formula is C10H16ClN3O3S. The summed E-state index contributed by atoms with van der Waals surface area (Å²) in [7, 11) is 1.41. The van der Waals surface area contributed by atoms with Crippen molar-refractivity contribution in [3.8, 4) is 0 Å². The second kappa shape index (κ2) is 6.19. The second-order valence-corrected chi connectivity index (χ2v) is 6.20. The van der Waals surface area contributed by atoms with Crippen molar-refractivity contribution < 1.29 is 13.2 Å². The molecule has 0 aliphatic rings. The molecule has 0 unspecified atom stereocenters. The van der Waals surface area contributed by atoms with Gasteiger partial charge in [-0.25, -0.2) is 13.4 Å². The van der Waals surface area contributed by atoms with E-state index in [1.54, 1.807) is 4.57 Å². The maximum absolute atomic E-state index is 11.3. The molecule has 1 N–H and O–H groups in total. The van der Waals surface area contributed by atoms with Crippen LogP contribution < -0.4 is 5.32 Å². The topological polar surface area (TPSA) is 81.1 Å². The lowest BCUT2D eigenvalue weighted by molar-refractivity contribution is -0.121. The number of aromatic nitrogens is 2. The van der Waals surface area contributed by atoms with Crippen LogP contribution in [0.4, 0.5) is 0 Å². The van der Waals surface area contributed by atoms with Crippen LogP contribution in [0.5, 0.6) is 0 Å². The number of halogens is 1. The first-order valence-corrected chi connectivity index (χ1v) is 7.96. The fraction of sp³-hybridized carbons (Fsp3) is 0.600. The van der Waals surface area contributed by atoms with Crippen molar-refractivity contribution in [2.75, 3.05) is 6.54 Å². The molecule has 8 heteroatoms. The second-order valence-electron chi connectivity index (χ2n) is 3.68. The summed E-state index contributed by atoms with van der Waals surface area (Å²) in [4.78, 5) is 15.3. The Kier molecular flexibility index (Phi) is 5.15. The van der Waals surface area contributed by atoms with Crippen LogP contribution in [0.2, 0.25) is 0 Å². The van der Waals surface area contributed by atoms with Crippen molar-refractivity contribution in [2.45, 2.75) is 38.3 Å². The van der Waals surface area contributed by atoms with Crippen LogP contribution in [-0.2, 0) is 26.8 Å². The lowest BCUT2D eigenvalue weighted by Crippen LogP contribution is -2.24. The SMILES string of the molecule is CCNC(=O)CCn1cc(S(=O)(=O)Cl)nc1CC. The van der Waals surface area contributed by atoms with Crippen molar-refractivity contribution in [1.82, 2.24) is 14.9 Å². The Morgan fingerprint density at radius 3 is 2.67 bits per heavy atom. The molecule has 1 amide bonds. The Balaban J connectivity index is 2.82. The van der Waals surface area contributed by atoms with Crippen molar-refractivity contribution in [2.24, 2.45) is 0 Å². The molecule has 0 aliphatic heterocycles. The zero-order chi connectivity index (χ0) is 13.8. The fourth-order valence-corrected chi connectivity index (χ4v) is 2.22. The summed E-state index contributed by atoms with van der Waals surface area (Å²) in [5.74, 6) is 0.516. The van der Waals surface area contributed by atoms with E-state index < -0.39 is 9.05 Å². The number of hydrogen-bond acceptors (Lipinski definition) is 4. The lowest BCUT2D eigenvalue weighted by atomic mass is 10.3. The number of amides is 1. The first-order chi connectivity index (χ1) is 8.38. The maximum Gasteiger partial charge on any atom is 0.280 e. The third kappa shape index (κ3) is 3.99. The third-order valence-electron chi connectivity index (χ3n) is 2.36. The maximum atomic E-state index is 11.3. The number of carbonyl (C=O) groups is 1. The Hall–Kier alpha value is -1.08. The molecule has 0 atom stereocenters. The Morgan fingerprint density at radius 2 is 2.17 bits per heavy atom. The molecule has 1 aromatic heterocycles. The summed E-state index contributed by atoms with van der Waals surface area (Å²) in [5.41, 5.74) is 0. The van der Waals surface area contributed by atoms with E-state index >= 15 is 0 Å². The van der Waals surface area contributed by atoms with Gasteiger partial charge in [-0.1, -0.05) is 6.92 Å². The summed E-state index contributed by atoms with van der Waals surface area (Å²) in [6, 6.07) is 0. The number of hydrogen-bond donors (Lipinski definition) is 1. The van der Waals surface area contributed by atoms with Gasteiger partial charge in [-0.15, -0.1) is 0 Å². The summed E-state index contributed by atoms with van der Waals surface area (Å²) in [5, 5.41) is 2.50. The van der Waals surface area contributed by atoms with Crippen molar-refractivity contribution in [3.05, 3.63) is 12.0 Å². The minimum atomic E-state index is -3.82. The largest absolute Gasteiger partial charge is 0.356 e. The van der Waals surface area contributed by atoms with Gasteiger partial charge in [-0.2, -0.15) is 0 Å². The van der Waals surface area contributed by atoms with E-state index in [9.17, 15) is 13.2 Å². The summed E-state index contributed by atoms with van der Waals surface area (Å²) in [6.07, 6.45) is 2.21. The van der Waals surface area contributed by atoms with Crippen molar-refractivity contribution in [1.29, 1.82) is 0 Å². The van der Waals surface area contributed by atoms with E-state index in [1.165, 1.54) is 6.20 Å². The molecule has 0 aromatic carbocycles. The molecule has 0 spiro atoms. The fourth-order valence-electron chi connectivity index (χ4n) is 1.53. The average molecular weight is 294 g/mol. The van der Waals surface area contributed by atoms with Gasteiger partial charge in [0.05, 0.1) is 0 Å². The highest BCUT2D eigenvalue weighted by Gasteiger charge is 2.17. The van der Waals surface area contributed by atoms with Gasteiger partial charge in [-0.05, 0) is 6.92 Å². The number of nitrogens with zero attached hydrogens (tertiary/aromatic N) is 2. The Morgan fingerprint density at radius 1 is 1.50 bits per heavy atom. The highest BCUT2D eigenvalue weighted by Crippen LogP contribution is 2.15. The zero-order valence-corrected chi connectivity index (χ0v) is 11.9. The molecule has 0 radical (unpaired) electrons. The van der Waals surface area contributed by atoms with Crippen LogP contribution in [0, 0.1) is 0 Å². The van der Waals surface area contributed by atoms with Gasteiger partial charge in [0.25, 0.3) is 9.05 Å². The molecule has 0 aliphatic carbocycles. The Bertz CT molecular complexity index is 524. The van der Waals surface area contributed by atoms with Gasteiger partial charge in [0.15, 0.2) is 5.03 Å². The van der Waals surface area contributed by atoms with Gasteiger partial charge in [-0.3, -0.25) is 4.79 Å². The first-order valence-electron chi connectivity index (χ1n) is 5.65. The molecule has 1 rings (SSSR count). The predicted octanol–water partition coefficient (Wildman–Crippen LogP) is 0.899. The molecular weight excluding hydrogens is 278 g/mol. The standard InChI is InChI=1S/C10H16ClN3O3S/c1-3-8-13-10(18(11,16)17)7-14(8)6-5-9(15)12-4-2/h7H,3-6H2,1-2H3,(H,12,15). The average Bonchev–Trinajstić information content (AvgIpc) is 2.69. The summed E-state index contributed by atoms with van der Waals surface area (Å²) in [6.45, 7) is 4.65. The molecule has 18 heavy (non-hydrogen) atoms. The number of carbonyl (C=O) groups excluding carboxylic acids is 1.